The van der Waals surface area contributed by atoms with Crippen molar-refractivity contribution >= 4 is 79.6 Å². The second kappa shape index (κ2) is 6.35. The van der Waals surface area contributed by atoms with E-state index in [-0.39, 0.29) is 11.8 Å². The van der Waals surface area contributed by atoms with Gasteiger partial charge in [0.25, 0.3) is 0 Å². The minimum absolute atomic E-state index is 0.192. The normalized spacial score (nSPS) is 27.7. The van der Waals surface area contributed by atoms with Crippen LogP contribution in [0.4, 0.5) is 0 Å². The molecule has 1 rings (SSSR count). The Morgan fingerprint density at radius 2 is 1.89 bits per heavy atom. The summed E-state index contributed by atoms with van der Waals surface area (Å²) in [7, 11) is 0. The highest BCUT2D eigenvalue weighted by atomic mass is 127. The van der Waals surface area contributed by atoms with E-state index in [0.717, 1.165) is 7.16 Å². The van der Waals surface area contributed by atoms with Gasteiger partial charge in [0.2, 0.25) is 11.8 Å². The third kappa shape index (κ3) is 3.56. The molecule has 4 N–H and O–H groups in total. The van der Waals surface area contributed by atoms with Crippen molar-refractivity contribution in [3.63, 3.8) is 0 Å². The van der Waals surface area contributed by atoms with E-state index in [9.17, 15) is 9.59 Å². The Hall–Kier alpha value is 0.570. The van der Waals surface area contributed by atoms with E-state index in [0.29, 0.717) is 5.70 Å². The Labute approximate surface area is 146 Å². The number of alkyl halides is 1. The molecule has 0 spiro atoms. The SMILES string of the molecule is CC(=O)NC1=C(I)C=C(I)C(N)C1(I)NC(C)=O. The first-order chi connectivity index (χ1) is 8.18. The number of halogens is 3. The van der Waals surface area contributed by atoms with Gasteiger partial charge >= 0.3 is 0 Å². The van der Waals surface area contributed by atoms with E-state index >= 15 is 0 Å². The van der Waals surface area contributed by atoms with Gasteiger partial charge < -0.3 is 16.4 Å². The summed E-state index contributed by atoms with van der Waals surface area (Å²) in [5.41, 5.74) is 6.77. The summed E-state index contributed by atoms with van der Waals surface area (Å²) in [5, 5.41) is 5.59. The summed E-state index contributed by atoms with van der Waals surface area (Å²) >= 11 is 6.34. The lowest BCUT2D eigenvalue weighted by atomic mass is 9.99. The topological polar surface area (TPSA) is 84.2 Å². The third-order valence-electron chi connectivity index (χ3n) is 2.25. The highest BCUT2D eigenvalue weighted by Gasteiger charge is 2.44. The Bertz CT molecular complexity index is 461. The van der Waals surface area contributed by atoms with Gasteiger partial charge in [0.15, 0.2) is 3.55 Å². The quantitative estimate of drug-likeness (QED) is 0.262. The molecular weight excluding hydrogens is 575 g/mol. The number of rotatable bonds is 2. The molecule has 0 aliphatic heterocycles. The number of carbonyl (C=O) groups is 2. The molecule has 0 saturated heterocycles. The van der Waals surface area contributed by atoms with Gasteiger partial charge in [0, 0.05) is 21.0 Å². The average molecular weight is 587 g/mol. The molecule has 5 nitrogen and oxygen atoms in total. The Balaban J connectivity index is 3.29. The molecule has 0 fully saturated rings. The fourth-order valence-corrected chi connectivity index (χ4v) is 6.05. The van der Waals surface area contributed by atoms with E-state index in [4.69, 9.17) is 5.73 Å². The van der Waals surface area contributed by atoms with Gasteiger partial charge in [0.1, 0.15) is 0 Å². The third-order valence-corrected chi connectivity index (χ3v) is 5.57. The van der Waals surface area contributed by atoms with Crippen LogP contribution in [0.5, 0.6) is 0 Å². The first-order valence-corrected chi connectivity index (χ1v) is 8.20. The molecule has 0 bridgehead atoms. The fraction of sp³-hybridized carbons (Fsp3) is 0.400. The van der Waals surface area contributed by atoms with Crippen LogP contribution in [0, 0.1) is 0 Å². The molecule has 0 radical (unpaired) electrons. The summed E-state index contributed by atoms with van der Waals surface area (Å²) in [5.74, 6) is -0.388. The molecule has 0 aromatic heterocycles. The monoisotopic (exact) mass is 587 g/mol. The van der Waals surface area contributed by atoms with E-state index < -0.39 is 9.59 Å². The molecule has 2 atom stereocenters. The number of hydrogen-bond acceptors (Lipinski definition) is 3. The molecule has 0 saturated carbocycles. The van der Waals surface area contributed by atoms with E-state index in [1.807, 2.05) is 6.08 Å². The number of nitrogens with one attached hydrogen (secondary N) is 2. The summed E-state index contributed by atoms with van der Waals surface area (Å²) in [6.07, 6.45) is 1.90. The summed E-state index contributed by atoms with van der Waals surface area (Å²) in [4.78, 5) is 22.7. The van der Waals surface area contributed by atoms with Crippen molar-refractivity contribution in [2.75, 3.05) is 0 Å². The summed E-state index contributed by atoms with van der Waals surface area (Å²) in [6.45, 7) is 2.85. The molecule has 0 heterocycles. The number of nitrogens with two attached hydrogens (primary N) is 1. The van der Waals surface area contributed by atoms with Crippen LogP contribution in [-0.4, -0.2) is 21.4 Å². The molecule has 18 heavy (non-hydrogen) atoms. The first kappa shape index (κ1) is 16.6. The van der Waals surface area contributed by atoms with Crippen LogP contribution in [0.1, 0.15) is 13.8 Å². The van der Waals surface area contributed by atoms with Gasteiger partial charge in [-0.05, 0) is 73.8 Å². The first-order valence-electron chi connectivity index (χ1n) is 4.96. The van der Waals surface area contributed by atoms with E-state index in [2.05, 4.69) is 78.4 Å². The highest BCUT2D eigenvalue weighted by Crippen LogP contribution is 2.40. The van der Waals surface area contributed by atoms with Crippen LogP contribution in [-0.2, 0) is 9.59 Å². The smallest absolute Gasteiger partial charge is 0.221 e. The lowest BCUT2D eigenvalue weighted by Crippen LogP contribution is -2.60. The fourth-order valence-electron chi connectivity index (χ4n) is 1.53. The molecule has 2 unspecified atom stereocenters. The Kier molecular flexibility index (Phi) is 5.86. The van der Waals surface area contributed by atoms with Crippen molar-refractivity contribution in [3.8, 4) is 0 Å². The van der Waals surface area contributed by atoms with Gasteiger partial charge in [-0.1, -0.05) is 0 Å². The van der Waals surface area contributed by atoms with Gasteiger partial charge in [-0.25, -0.2) is 0 Å². The predicted octanol–water partition coefficient (Wildman–Crippen LogP) is 1.70. The van der Waals surface area contributed by atoms with E-state index in [1.165, 1.54) is 13.8 Å². The van der Waals surface area contributed by atoms with E-state index in [1.54, 1.807) is 0 Å². The van der Waals surface area contributed by atoms with Gasteiger partial charge in [-0.15, -0.1) is 0 Å². The minimum atomic E-state index is -0.836. The zero-order chi connectivity index (χ0) is 14.1. The van der Waals surface area contributed by atoms with Crippen LogP contribution in [0.3, 0.4) is 0 Å². The van der Waals surface area contributed by atoms with Gasteiger partial charge in [-0.2, -0.15) is 0 Å². The Morgan fingerprint density at radius 3 is 2.33 bits per heavy atom. The summed E-state index contributed by atoms with van der Waals surface area (Å²) in [6, 6.07) is -0.400. The van der Waals surface area contributed by atoms with Crippen molar-refractivity contribution in [2.45, 2.75) is 23.4 Å². The van der Waals surface area contributed by atoms with Crippen LogP contribution < -0.4 is 16.4 Å². The highest BCUT2D eigenvalue weighted by molar-refractivity contribution is 14.1. The van der Waals surface area contributed by atoms with Crippen LogP contribution in [0.25, 0.3) is 0 Å². The average Bonchev–Trinajstić information content (AvgIpc) is 2.21. The zero-order valence-electron chi connectivity index (χ0n) is 9.68. The minimum Gasteiger partial charge on any atom is -0.335 e. The maximum atomic E-state index is 11.4. The number of carbonyl (C=O) groups excluding carboxylic acids is 2. The van der Waals surface area contributed by atoms with Crippen molar-refractivity contribution in [3.05, 3.63) is 18.9 Å². The van der Waals surface area contributed by atoms with Crippen molar-refractivity contribution in [1.29, 1.82) is 0 Å². The molecule has 1 aliphatic carbocycles. The molecular formula is C10H12I3N3O2. The van der Waals surface area contributed by atoms with Gasteiger partial charge in [-0.3, -0.25) is 9.59 Å². The maximum absolute atomic E-state index is 11.4. The molecule has 8 heteroatoms. The number of allylic oxidation sites excluding steroid dienone is 2. The zero-order valence-corrected chi connectivity index (χ0v) is 16.2. The largest absolute Gasteiger partial charge is 0.335 e. The van der Waals surface area contributed by atoms with Crippen molar-refractivity contribution in [2.24, 2.45) is 5.73 Å². The second-order valence-electron chi connectivity index (χ2n) is 3.80. The molecule has 0 aromatic carbocycles. The second-order valence-corrected chi connectivity index (χ2v) is 7.91. The van der Waals surface area contributed by atoms with Crippen LogP contribution in [0.15, 0.2) is 18.9 Å². The standard InChI is InChI=1S/C10H12I3N3O2/c1-4(17)15-9-7(12)3-6(11)8(14)10(9,13)16-5(2)18/h3,8H,14H2,1-2H3,(H,15,17)(H,16,18). The number of hydrogen-bond donors (Lipinski definition) is 3. The molecule has 100 valence electrons. The maximum Gasteiger partial charge on any atom is 0.221 e. The lowest BCUT2D eigenvalue weighted by molar-refractivity contribution is -0.121. The van der Waals surface area contributed by atoms with Crippen LogP contribution in [0.2, 0.25) is 0 Å². The number of amides is 2. The molecule has 1 aliphatic rings. The molecule has 0 aromatic rings. The van der Waals surface area contributed by atoms with Gasteiger partial charge in [0.05, 0.1) is 11.7 Å². The lowest BCUT2D eigenvalue weighted by Gasteiger charge is -2.39. The van der Waals surface area contributed by atoms with Crippen molar-refractivity contribution in [1.82, 2.24) is 10.6 Å². The van der Waals surface area contributed by atoms with Crippen LogP contribution >= 0.6 is 67.8 Å². The predicted molar refractivity (Wildman–Crippen MR) is 95.5 cm³/mol. The summed E-state index contributed by atoms with van der Waals surface area (Å²) < 4.78 is 0.947. The molecule has 2 amide bonds. The van der Waals surface area contributed by atoms with Crippen molar-refractivity contribution < 1.29 is 9.59 Å². The Morgan fingerprint density at radius 1 is 1.33 bits per heavy atom.